The second-order valence-corrected chi connectivity index (χ2v) is 5.70. The minimum Gasteiger partial charge on any atom is -0.470 e. The van der Waals surface area contributed by atoms with Gasteiger partial charge in [-0.15, -0.1) is 0 Å². The lowest BCUT2D eigenvalue weighted by atomic mass is 10.1. The van der Waals surface area contributed by atoms with Crippen molar-refractivity contribution in [2.45, 2.75) is 33.4 Å². The molecule has 112 valence electrons. The van der Waals surface area contributed by atoms with E-state index in [0.29, 0.717) is 11.8 Å². The van der Waals surface area contributed by atoms with Gasteiger partial charge in [0.25, 0.3) is 0 Å². The summed E-state index contributed by atoms with van der Waals surface area (Å²) in [6, 6.07) is 14.2. The van der Waals surface area contributed by atoms with Gasteiger partial charge in [0, 0.05) is 18.8 Å². The molecule has 0 aliphatic carbocycles. The number of nitrogens with zero attached hydrogens (tertiary/aromatic N) is 1. The SMILES string of the molecule is CC(C)CNCc1ccnc(OC(C)c2ccccc2)c1. The van der Waals surface area contributed by atoms with Crippen LogP contribution in [-0.2, 0) is 6.54 Å². The van der Waals surface area contributed by atoms with Gasteiger partial charge in [-0.3, -0.25) is 0 Å². The summed E-state index contributed by atoms with van der Waals surface area (Å²) in [5, 5.41) is 3.43. The summed E-state index contributed by atoms with van der Waals surface area (Å²) >= 11 is 0. The lowest BCUT2D eigenvalue weighted by Gasteiger charge is -2.15. The highest BCUT2D eigenvalue weighted by molar-refractivity contribution is 5.23. The maximum atomic E-state index is 5.93. The zero-order valence-corrected chi connectivity index (χ0v) is 13.0. The van der Waals surface area contributed by atoms with Crippen LogP contribution in [0.2, 0.25) is 0 Å². The van der Waals surface area contributed by atoms with Gasteiger partial charge in [0.05, 0.1) is 0 Å². The number of benzene rings is 1. The number of aromatic nitrogens is 1. The maximum absolute atomic E-state index is 5.93. The third-order valence-electron chi connectivity index (χ3n) is 3.25. The third kappa shape index (κ3) is 5.20. The van der Waals surface area contributed by atoms with Gasteiger partial charge < -0.3 is 10.1 Å². The van der Waals surface area contributed by atoms with Gasteiger partial charge in [-0.05, 0) is 36.6 Å². The van der Waals surface area contributed by atoms with Crippen LogP contribution in [0.5, 0.6) is 5.88 Å². The van der Waals surface area contributed by atoms with Crippen molar-refractivity contribution in [2.75, 3.05) is 6.54 Å². The zero-order valence-electron chi connectivity index (χ0n) is 13.0. The molecule has 2 rings (SSSR count). The monoisotopic (exact) mass is 284 g/mol. The normalized spacial score (nSPS) is 12.4. The van der Waals surface area contributed by atoms with Gasteiger partial charge in [-0.2, -0.15) is 0 Å². The van der Waals surface area contributed by atoms with Crippen LogP contribution in [0.1, 0.15) is 38.0 Å². The lowest BCUT2D eigenvalue weighted by Crippen LogP contribution is -2.19. The van der Waals surface area contributed by atoms with Gasteiger partial charge in [0.15, 0.2) is 0 Å². The minimum absolute atomic E-state index is 0.00225. The van der Waals surface area contributed by atoms with Crippen LogP contribution in [0.4, 0.5) is 0 Å². The summed E-state index contributed by atoms with van der Waals surface area (Å²) in [6.07, 6.45) is 1.80. The van der Waals surface area contributed by atoms with Crippen LogP contribution in [0.15, 0.2) is 48.7 Å². The largest absolute Gasteiger partial charge is 0.470 e. The Labute approximate surface area is 127 Å². The fourth-order valence-corrected chi connectivity index (χ4v) is 2.10. The molecule has 0 aliphatic heterocycles. The van der Waals surface area contributed by atoms with Crippen LogP contribution in [0, 0.1) is 5.92 Å². The van der Waals surface area contributed by atoms with E-state index in [9.17, 15) is 0 Å². The first-order valence-corrected chi connectivity index (χ1v) is 7.52. The van der Waals surface area contributed by atoms with Crippen LogP contribution < -0.4 is 10.1 Å². The molecule has 3 heteroatoms. The first kappa shape index (κ1) is 15.5. The van der Waals surface area contributed by atoms with E-state index >= 15 is 0 Å². The predicted molar refractivity (Wildman–Crippen MR) is 86.3 cm³/mol. The molecule has 1 aromatic heterocycles. The lowest BCUT2D eigenvalue weighted by molar-refractivity contribution is 0.217. The number of hydrogen-bond acceptors (Lipinski definition) is 3. The molecule has 21 heavy (non-hydrogen) atoms. The Morgan fingerprint density at radius 3 is 2.57 bits per heavy atom. The van der Waals surface area contributed by atoms with E-state index in [2.05, 4.69) is 36.3 Å². The first-order chi connectivity index (χ1) is 10.1. The Morgan fingerprint density at radius 1 is 1.10 bits per heavy atom. The topological polar surface area (TPSA) is 34.2 Å². The Balaban J connectivity index is 1.94. The van der Waals surface area contributed by atoms with Crippen LogP contribution in [0.3, 0.4) is 0 Å². The number of pyridine rings is 1. The van der Waals surface area contributed by atoms with E-state index in [0.717, 1.165) is 18.7 Å². The fraction of sp³-hybridized carbons (Fsp3) is 0.389. The molecule has 0 saturated heterocycles. The van der Waals surface area contributed by atoms with E-state index < -0.39 is 0 Å². The van der Waals surface area contributed by atoms with Crippen LogP contribution in [-0.4, -0.2) is 11.5 Å². The van der Waals surface area contributed by atoms with Gasteiger partial charge in [-0.25, -0.2) is 4.98 Å². The quantitative estimate of drug-likeness (QED) is 0.835. The van der Waals surface area contributed by atoms with Gasteiger partial charge in [0.2, 0.25) is 5.88 Å². The molecule has 0 aliphatic rings. The van der Waals surface area contributed by atoms with Crippen LogP contribution in [0.25, 0.3) is 0 Å². The molecule has 1 atom stereocenters. The average Bonchev–Trinajstić information content (AvgIpc) is 2.48. The first-order valence-electron chi connectivity index (χ1n) is 7.52. The van der Waals surface area contributed by atoms with Gasteiger partial charge in [0.1, 0.15) is 6.10 Å². The van der Waals surface area contributed by atoms with Crippen molar-refractivity contribution in [2.24, 2.45) is 5.92 Å². The highest BCUT2D eigenvalue weighted by Gasteiger charge is 2.08. The van der Waals surface area contributed by atoms with Crippen molar-refractivity contribution in [3.05, 3.63) is 59.8 Å². The molecule has 3 nitrogen and oxygen atoms in total. The fourth-order valence-electron chi connectivity index (χ4n) is 2.10. The number of hydrogen-bond donors (Lipinski definition) is 1. The second kappa shape index (κ2) is 7.79. The molecule has 1 aromatic carbocycles. The van der Waals surface area contributed by atoms with Crippen molar-refractivity contribution in [1.82, 2.24) is 10.3 Å². The zero-order chi connectivity index (χ0) is 15.1. The highest BCUT2D eigenvalue weighted by Crippen LogP contribution is 2.20. The van der Waals surface area contributed by atoms with E-state index in [1.54, 1.807) is 6.20 Å². The molecule has 1 N–H and O–H groups in total. The van der Waals surface area contributed by atoms with Crippen LogP contribution >= 0.6 is 0 Å². The number of rotatable bonds is 7. The Bertz CT molecular complexity index is 540. The Hall–Kier alpha value is -1.87. The average molecular weight is 284 g/mol. The van der Waals surface area contributed by atoms with Crippen molar-refractivity contribution >= 4 is 0 Å². The molecule has 1 unspecified atom stereocenters. The predicted octanol–water partition coefficient (Wildman–Crippen LogP) is 3.97. The molecule has 2 aromatic rings. The number of ether oxygens (including phenoxy) is 1. The minimum atomic E-state index is -0.00225. The van der Waals surface area contributed by atoms with E-state index in [1.165, 1.54) is 5.56 Å². The summed E-state index contributed by atoms with van der Waals surface area (Å²) in [6.45, 7) is 8.31. The molecule has 0 saturated carbocycles. The smallest absolute Gasteiger partial charge is 0.214 e. The molecular formula is C18H24N2O. The molecule has 0 bridgehead atoms. The third-order valence-corrected chi connectivity index (χ3v) is 3.25. The van der Waals surface area contributed by atoms with Crippen molar-refractivity contribution in [3.63, 3.8) is 0 Å². The standard InChI is InChI=1S/C18H24N2O/c1-14(2)12-19-13-16-9-10-20-18(11-16)21-15(3)17-7-5-4-6-8-17/h4-11,14-15,19H,12-13H2,1-3H3. The summed E-state index contributed by atoms with van der Waals surface area (Å²) < 4.78 is 5.93. The highest BCUT2D eigenvalue weighted by atomic mass is 16.5. The van der Waals surface area contributed by atoms with E-state index in [-0.39, 0.29) is 6.10 Å². The van der Waals surface area contributed by atoms with Crippen molar-refractivity contribution in [1.29, 1.82) is 0 Å². The molecule has 0 radical (unpaired) electrons. The molecule has 0 fully saturated rings. The van der Waals surface area contributed by atoms with Gasteiger partial charge >= 0.3 is 0 Å². The molecule has 0 amide bonds. The Morgan fingerprint density at radius 2 is 1.86 bits per heavy atom. The van der Waals surface area contributed by atoms with E-state index in [4.69, 9.17) is 4.74 Å². The summed E-state index contributed by atoms with van der Waals surface area (Å²) in [4.78, 5) is 4.30. The van der Waals surface area contributed by atoms with E-state index in [1.807, 2.05) is 37.3 Å². The van der Waals surface area contributed by atoms with Crippen molar-refractivity contribution < 1.29 is 4.74 Å². The summed E-state index contributed by atoms with van der Waals surface area (Å²) in [5.41, 5.74) is 2.35. The maximum Gasteiger partial charge on any atom is 0.214 e. The summed E-state index contributed by atoms with van der Waals surface area (Å²) in [7, 11) is 0. The Kier molecular flexibility index (Phi) is 5.76. The molecule has 1 heterocycles. The van der Waals surface area contributed by atoms with Crippen molar-refractivity contribution in [3.8, 4) is 5.88 Å². The number of nitrogens with one attached hydrogen (secondary N) is 1. The summed E-state index contributed by atoms with van der Waals surface area (Å²) in [5.74, 6) is 1.33. The molecular weight excluding hydrogens is 260 g/mol. The second-order valence-electron chi connectivity index (χ2n) is 5.70. The van der Waals surface area contributed by atoms with Gasteiger partial charge in [-0.1, -0.05) is 44.2 Å². The molecule has 0 spiro atoms.